The van der Waals surface area contributed by atoms with Gasteiger partial charge in [-0.2, -0.15) is 10.1 Å². The van der Waals surface area contributed by atoms with Gasteiger partial charge in [0, 0.05) is 25.3 Å². The summed E-state index contributed by atoms with van der Waals surface area (Å²) in [6.45, 7) is 6.89. The van der Waals surface area contributed by atoms with Gasteiger partial charge in [-0.25, -0.2) is 23.3 Å². The Kier molecular flexibility index (Phi) is 12.9. The molecule has 246 valence electrons. The summed E-state index contributed by atoms with van der Waals surface area (Å²) in [5.41, 5.74) is -3.30. The number of hydroxylamine groups is 4. The summed E-state index contributed by atoms with van der Waals surface area (Å²) in [6, 6.07) is 0.774. The lowest BCUT2D eigenvalue weighted by Crippen LogP contribution is -2.47. The predicted molar refractivity (Wildman–Crippen MR) is 155 cm³/mol. The molecule has 0 aliphatic carbocycles. The van der Waals surface area contributed by atoms with Crippen LogP contribution in [0, 0.1) is 0 Å². The molecular formula is C25H36Cl2F2N8O7. The van der Waals surface area contributed by atoms with Crippen molar-refractivity contribution in [3.63, 3.8) is 0 Å². The van der Waals surface area contributed by atoms with Gasteiger partial charge in [-0.1, -0.05) is 23.2 Å². The van der Waals surface area contributed by atoms with Crippen LogP contribution in [-0.2, 0) is 30.5 Å². The second kappa shape index (κ2) is 15.3. The maximum absolute atomic E-state index is 14.1. The first kappa shape index (κ1) is 37.1. The summed E-state index contributed by atoms with van der Waals surface area (Å²) in [5.74, 6) is 0.0398. The van der Waals surface area contributed by atoms with E-state index in [0.29, 0.717) is 0 Å². The molecule has 0 saturated carbocycles. The second-order valence-electron chi connectivity index (χ2n) is 10.2. The Hall–Kier alpha value is -3.06. The Morgan fingerprint density at radius 1 is 1.02 bits per heavy atom. The lowest BCUT2D eigenvalue weighted by atomic mass is 10.0. The fraction of sp³-hybridized carbons (Fsp3) is 0.600. The maximum atomic E-state index is 14.1. The number of carbonyl (C=O) groups is 2. The molecule has 0 aromatic carbocycles. The number of urea groups is 2. The van der Waals surface area contributed by atoms with E-state index in [2.05, 4.69) is 25.7 Å². The number of ether oxygens (including phenoxy) is 2. The van der Waals surface area contributed by atoms with Crippen LogP contribution in [0.1, 0.15) is 45.7 Å². The normalized spacial score (nSPS) is 16.2. The third kappa shape index (κ3) is 8.99. The van der Waals surface area contributed by atoms with Crippen molar-refractivity contribution in [2.75, 3.05) is 45.2 Å². The molecule has 1 aliphatic rings. The number of anilines is 2. The number of nitrogens with one attached hydrogen (secondary N) is 1. The molecule has 2 aromatic heterocycles. The number of aromatic nitrogens is 4. The van der Waals surface area contributed by atoms with E-state index in [9.17, 15) is 23.5 Å². The van der Waals surface area contributed by atoms with Crippen LogP contribution >= 0.6 is 23.2 Å². The quantitative estimate of drug-likeness (QED) is 0.275. The van der Waals surface area contributed by atoms with Gasteiger partial charge in [0.05, 0.1) is 20.8 Å². The standard InChI is InChI=1S/C14H22ClFN4O4.C11H14ClFN4O3/c1-8(12(22-4)23-5)20(24-6)13(21)17-10-7-9(14(2,3)16)11(15)19-18-10;1-11(2,13)6-4-7(14-15-9(6)12)17-8(18)5-16(20-3)10(17)19/h7-8,12H,1-6H3,(H,17,18,21);4,8,18H,5H2,1-3H3. The number of hydrogen-bond donors (Lipinski definition) is 2. The molecule has 0 radical (unpaired) electrons. The average molecular weight is 670 g/mol. The number of hydrogen-bond acceptors (Lipinski definition) is 11. The summed E-state index contributed by atoms with van der Waals surface area (Å²) < 4.78 is 38.4. The summed E-state index contributed by atoms with van der Waals surface area (Å²) in [4.78, 5) is 35.1. The molecule has 1 aliphatic heterocycles. The van der Waals surface area contributed by atoms with Crippen LogP contribution in [0.4, 0.5) is 30.0 Å². The van der Waals surface area contributed by atoms with E-state index in [4.69, 9.17) is 42.4 Å². The monoisotopic (exact) mass is 668 g/mol. The van der Waals surface area contributed by atoms with Crippen molar-refractivity contribution in [1.29, 1.82) is 0 Å². The number of methoxy groups -OCH3 is 2. The molecule has 2 N–H and O–H groups in total. The van der Waals surface area contributed by atoms with Gasteiger partial charge >= 0.3 is 12.1 Å². The zero-order chi connectivity index (χ0) is 33.6. The fourth-order valence-corrected chi connectivity index (χ4v) is 4.55. The lowest BCUT2D eigenvalue weighted by Gasteiger charge is -2.30. The van der Waals surface area contributed by atoms with Crippen LogP contribution in [0.5, 0.6) is 0 Å². The fourth-order valence-electron chi connectivity index (χ4n) is 3.91. The second-order valence-corrected chi connectivity index (χ2v) is 10.9. The molecule has 2 atom stereocenters. The molecule has 3 rings (SSSR count). The predicted octanol–water partition coefficient (Wildman–Crippen LogP) is 4.19. The lowest BCUT2D eigenvalue weighted by molar-refractivity contribution is -0.201. The Bertz CT molecular complexity index is 1300. The topological polar surface area (TPSA) is 165 Å². The number of halogens is 4. The van der Waals surface area contributed by atoms with Gasteiger partial charge in [0.1, 0.15) is 17.4 Å². The van der Waals surface area contributed by atoms with Crippen molar-refractivity contribution >= 4 is 46.9 Å². The van der Waals surface area contributed by atoms with Crippen molar-refractivity contribution < 1.29 is 42.6 Å². The smallest absolute Gasteiger partial charge is 0.352 e. The zero-order valence-corrected chi connectivity index (χ0v) is 27.1. The Labute approximate surface area is 263 Å². The third-order valence-electron chi connectivity index (χ3n) is 6.14. The minimum atomic E-state index is -1.75. The summed E-state index contributed by atoms with van der Waals surface area (Å²) in [7, 11) is 5.51. The van der Waals surface area contributed by atoms with Crippen molar-refractivity contribution in [2.45, 2.75) is 64.5 Å². The van der Waals surface area contributed by atoms with Crippen LogP contribution in [0.3, 0.4) is 0 Å². The highest BCUT2D eigenvalue weighted by molar-refractivity contribution is 6.30. The molecule has 44 heavy (non-hydrogen) atoms. The van der Waals surface area contributed by atoms with E-state index in [-0.39, 0.29) is 39.6 Å². The van der Waals surface area contributed by atoms with Crippen LogP contribution in [0.25, 0.3) is 0 Å². The Morgan fingerprint density at radius 2 is 1.55 bits per heavy atom. The van der Waals surface area contributed by atoms with Crippen molar-refractivity contribution in [3.05, 3.63) is 33.6 Å². The molecule has 2 aromatic rings. The van der Waals surface area contributed by atoms with Gasteiger partial charge < -0.3 is 14.6 Å². The number of aliphatic hydroxyl groups is 1. The summed E-state index contributed by atoms with van der Waals surface area (Å²) in [5, 5.41) is 28.9. The minimum Gasteiger partial charge on any atom is -0.371 e. The van der Waals surface area contributed by atoms with Crippen LogP contribution in [0.15, 0.2) is 12.1 Å². The highest BCUT2D eigenvalue weighted by Gasteiger charge is 2.40. The van der Waals surface area contributed by atoms with Gasteiger partial charge in [-0.15, -0.1) is 20.4 Å². The molecule has 15 nitrogen and oxygen atoms in total. The molecule has 19 heteroatoms. The number of amides is 4. The molecule has 1 saturated heterocycles. The Morgan fingerprint density at radius 3 is 2.00 bits per heavy atom. The molecule has 4 amide bonds. The SMILES string of the molecule is COC(OC)C(C)N(OC)C(=O)Nc1cc(C(C)(C)F)c(Cl)nn1.CON1CC(O)N(c2cc(C(C)(C)F)c(Cl)nn2)C1=O. The molecular weight excluding hydrogens is 633 g/mol. The number of carbonyl (C=O) groups excluding carboxylic acids is 2. The van der Waals surface area contributed by atoms with Crippen LogP contribution in [-0.4, -0.2) is 101 Å². The molecule has 0 spiro atoms. The molecule has 1 fully saturated rings. The Balaban J connectivity index is 0.000000311. The molecule has 0 bridgehead atoms. The van der Waals surface area contributed by atoms with Crippen molar-refractivity contribution in [1.82, 2.24) is 30.5 Å². The van der Waals surface area contributed by atoms with E-state index in [1.54, 1.807) is 6.92 Å². The van der Waals surface area contributed by atoms with E-state index >= 15 is 0 Å². The average Bonchev–Trinajstić information content (AvgIpc) is 3.23. The minimum absolute atomic E-state index is 0.00664. The van der Waals surface area contributed by atoms with Crippen LogP contribution in [0.2, 0.25) is 10.3 Å². The van der Waals surface area contributed by atoms with Crippen LogP contribution < -0.4 is 10.2 Å². The van der Waals surface area contributed by atoms with Gasteiger partial charge in [0.15, 0.2) is 34.5 Å². The summed E-state index contributed by atoms with van der Waals surface area (Å²) in [6.07, 6.45) is -1.86. The van der Waals surface area contributed by atoms with E-state index in [1.165, 1.54) is 68.3 Å². The first-order valence-corrected chi connectivity index (χ1v) is 13.6. The molecule has 3 heterocycles. The first-order valence-electron chi connectivity index (χ1n) is 12.9. The number of nitrogens with zero attached hydrogens (tertiary/aromatic N) is 7. The largest absolute Gasteiger partial charge is 0.371 e. The molecule has 2 unspecified atom stereocenters. The third-order valence-corrected chi connectivity index (χ3v) is 6.70. The number of aliphatic hydroxyl groups excluding tert-OH is 1. The van der Waals surface area contributed by atoms with E-state index < -0.39 is 42.0 Å². The zero-order valence-electron chi connectivity index (χ0n) is 25.6. The van der Waals surface area contributed by atoms with Gasteiger partial charge in [0.2, 0.25) is 0 Å². The van der Waals surface area contributed by atoms with E-state index in [0.717, 1.165) is 15.0 Å². The first-order chi connectivity index (χ1) is 20.4. The van der Waals surface area contributed by atoms with Crippen molar-refractivity contribution in [2.24, 2.45) is 0 Å². The number of alkyl halides is 2. The van der Waals surface area contributed by atoms with Gasteiger partial charge in [-0.05, 0) is 46.8 Å². The van der Waals surface area contributed by atoms with Gasteiger partial charge in [0.25, 0.3) is 0 Å². The maximum Gasteiger partial charge on any atom is 0.352 e. The summed E-state index contributed by atoms with van der Waals surface area (Å²) >= 11 is 11.6. The number of β-amino-alcohol motifs (C(OH)–C–C–N with tert-alkyl or cyclic N) is 1. The highest BCUT2D eigenvalue weighted by Crippen LogP contribution is 2.33. The highest BCUT2D eigenvalue weighted by atomic mass is 35.5. The van der Waals surface area contributed by atoms with Gasteiger partial charge in [-0.3, -0.25) is 15.0 Å². The van der Waals surface area contributed by atoms with Crippen molar-refractivity contribution in [3.8, 4) is 0 Å². The number of rotatable bonds is 10. The van der Waals surface area contributed by atoms with E-state index in [1.807, 2.05) is 0 Å².